The van der Waals surface area contributed by atoms with E-state index in [-0.39, 0.29) is 5.56 Å². The maximum absolute atomic E-state index is 12.1. The Balaban J connectivity index is 1.48. The molecule has 3 heterocycles. The van der Waals surface area contributed by atoms with Crippen LogP contribution < -0.4 is 20.3 Å². The molecular formula is C28H30N6O4S. The first-order valence-corrected chi connectivity index (χ1v) is 13.5. The van der Waals surface area contributed by atoms with Crippen LogP contribution in [0.2, 0.25) is 0 Å². The van der Waals surface area contributed by atoms with Crippen molar-refractivity contribution in [2.75, 3.05) is 55.5 Å². The number of rotatable bonds is 9. The van der Waals surface area contributed by atoms with E-state index in [0.717, 1.165) is 39.1 Å². The Morgan fingerprint density at radius 2 is 1.97 bits per heavy atom. The maximum atomic E-state index is 12.1. The highest BCUT2D eigenvalue weighted by Gasteiger charge is 2.20. The number of carbonyl (C=O) groups is 1. The number of aromatic carboxylic acids is 1. The molecule has 39 heavy (non-hydrogen) atoms. The number of ether oxygens (including phenoxy) is 2. The van der Waals surface area contributed by atoms with Gasteiger partial charge < -0.3 is 30.1 Å². The summed E-state index contributed by atoms with van der Waals surface area (Å²) >= 11 is 1.52. The average molecular weight is 547 g/mol. The Bertz CT molecular complexity index is 1480. The van der Waals surface area contributed by atoms with Crippen LogP contribution in [0.4, 0.5) is 22.5 Å². The molecule has 3 N–H and O–H groups in total. The molecule has 11 heteroatoms. The average Bonchev–Trinajstić information content (AvgIpc) is 3.37. The number of aryl methyl sites for hydroxylation is 1. The van der Waals surface area contributed by atoms with Crippen molar-refractivity contribution in [3.8, 4) is 27.6 Å². The number of thiazole rings is 1. The van der Waals surface area contributed by atoms with Gasteiger partial charge in [0.2, 0.25) is 5.95 Å². The molecule has 0 amide bonds. The summed E-state index contributed by atoms with van der Waals surface area (Å²) in [5, 5.41) is 17.2. The highest BCUT2D eigenvalue weighted by molar-refractivity contribution is 7.19. The van der Waals surface area contributed by atoms with Crippen LogP contribution in [0, 0.1) is 6.92 Å². The van der Waals surface area contributed by atoms with Crippen molar-refractivity contribution in [3.63, 3.8) is 0 Å². The van der Waals surface area contributed by atoms with Gasteiger partial charge in [0.1, 0.15) is 5.75 Å². The minimum atomic E-state index is -0.992. The smallest absolute Gasteiger partial charge is 0.337 e. The van der Waals surface area contributed by atoms with Crippen LogP contribution >= 0.6 is 11.3 Å². The molecule has 1 aliphatic heterocycles. The van der Waals surface area contributed by atoms with E-state index in [1.165, 1.54) is 11.3 Å². The lowest BCUT2D eigenvalue weighted by Crippen LogP contribution is -2.37. The Hall–Kier alpha value is -4.22. The summed E-state index contributed by atoms with van der Waals surface area (Å²) in [6.45, 7) is 7.24. The van der Waals surface area contributed by atoms with Crippen molar-refractivity contribution in [3.05, 3.63) is 59.8 Å². The van der Waals surface area contributed by atoms with Crippen molar-refractivity contribution in [1.82, 2.24) is 15.0 Å². The molecule has 0 spiro atoms. The normalized spacial score (nSPS) is 13.3. The van der Waals surface area contributed by atoms with Gasteiger partial charge in [-0.25, -0.2) is 19.7 Å². The van der Waals surface area contributed by atoms with Gasteiger partial charge in [-0.1, -0.05) is 11.3 Å². The quantitative estimate of drug-likeness (QED) is 0.255. The number of nitrogens with zero attached hydrogens (tertiary/aromatic N) is 4. The molecule has 1 fully saturated rings. The lowest BCUT2D eigenvalue weighted by atomic mass is 10.1. The van der Waals surface area contributed by atoms with E-state index >= 15 is 0 Å². The van der Waals surface area contributed by atoms with Crippen molar-refractivity contribution in [2.45, 2.75) is 13.8 Å². The number of carboxylic acids is 1. The van der Waals surface area contributed by atoms with E-state index in [9.17, 15) is 9.90 Å². The van der Waals surface area contributed by atoms with Crippen molar-refractivity contribution < 1.29 is 19.4 Å². The number of morpholine rings is 1. The van der Waals surface area contributed by atoms with E-state index < -0.39 is 5.97 Å². The van der Waals surface area contributed by atoms with Crippen LogP contribution in [0.15, 0.2) is 48.7 Å². The fourth-order valence-corrected chi connectivity index (χ4v) is 5.48. The third kappa shape index (κ3) is 5.94. The largest absolute Gasteiger partial charge is 0.497 e. The molecule has 0 aliphatic carbocycles. The summed E-state index contributed by atoms with van der Waals surface area (Å²) in [6, 6.07) is 13.1. The number of nitrogens with one attached hydrogen (secondary N) is 2. The second-order valence-electron chi connectivity index (χ2n) is 8.99. The van der Waals surface area contributed by atoms with Crippen LogP contribution in [-0.4, -0.2) is 66.0 Å². The van der Waals surface area contributed by atoms with Gasteiger partial charge in [0.25, 0.3) is 0 Å². The van der Waals surface area contributed by atoms with Crippen LogP contribution in [0.1, 0.15) is 22.8 Å². The first-order chi connectivity index (χ1) is 18.9. The SMILES string of the molecule is CCNc1nc(-c2cc(C)cc(OC)c2)c(-c2ccnc(Nc3ccc(N4CCOCC4)c(C(=O)O)c3)n2)s1. The summed E-state index contributed by atoms with van der Waals surface area (Å²) in [5.74, 6) is 0.122. The Labute approximate surface area is 230 Å². The summed E-state index contributed by atoms with van der Waals surface area (Å²) in [5.41, 5.74) is 4.96. The van der Waals surface area contributed by atoms with E-state index in [0.29, 0.717) is 49.3 Å². The first-order valence-electron chi connectivity index (χ1n) is 12.7. The standard InChI is InChI=1S/C28H30N6O4S/c1-4-29-28-33-24(18-13-17(2)14-20(15-18)37-3)25(39-28)22-7-8-30-27(32-22)31-19-5-6-23(21(16-19)26(35)36)34-9-11-38-12-10-34/h5-8,13-16H,4,9-12H2,1-3H3,(H,29,33)(H,35,36)(H,30,31,32). The molecule has 4 aromatic rings. The monoisotopic (exact) mass is 546 g/mol. The lowest BCUT2D eigenvalue weighted by molar-refractivity contribution is 0.0696. The van der Waals surface area contributed by atoms with Crippen LogP contribution in [0.3, 0.4) is 0 Å². The molecule has 10 nitrogen and oxygen atoms in total. The third-order valence-electron chi connectivity index (χ3n) is 6.24. The molecule has 0 unspecified atom stereocenters. The maximum Gasteiger partial charge on any atom is 0.337 e. The number of anilines is 4. The summed E-state index contributed by atoms with van der Waals surface area (Å²) < 4.78 is 10.9. The number of hydrogen-bond acceptors (Lipinski definition) is 10. The van der Waals surface area contributed by atoms with Gasteiger partial charge in [0.15, 0.2) is 5.13 Å². The molecule has 202 valence electrons. The molecule has 2 aromatic carbocycles. The topological polar surface area (TPSA) is 122 Å². The van der Waals surface area contributed by atoms with Gasteiger partial charge in [-0.2, -0.15) is 0 Å². The van der Waals surface area contributed by atoms with Crippen molar-refractivity contribution >= 4 is 39.8 Å². The predicted molar refractivity (Wildman–Crippen MR) is 154 cm³/mol. The van der Waals surface area contributed by atoms with Crippen molar-refractivity contribution in [1.29, 1.82) is 0 Å². The fourth-order valence-electron chi connectivity index (χ4n) is 4.46. The molecule has 2 aromatic heterocycles. The van der Waals surface area contributed by atoms with Gasteiger partial charge in [-0.15, -0.1) is 0 Å². The molecule has 0 radical (unpaired) electrons. The number of benzene rings is 2. The zero-order valence-corrected chi connectivity index (χ0v) is 22.8. The van der Waals surface area contributed by atoms with Crippen LogP contribution in [-0.2, 0) is 4.74 Å². The van der Waals surface area contributed by atoms with E-state index in [1.54, 1.807) is 19.4 Å². The van der Waals surface area contributed by atoms with Crippen LogP contribution in [0.25, 0.3) is 21.8 Å². The third-order valence-corrected chi connectivity index (χ3v) is 7.27. The second kappa shape index (κ2) is 11.7. The fraction of sp³-hybridized carbons (Fsp3) is 0.286. The van der Waals surface area contributed by atoms with Crippen molar-refractivity contribution in [2.24, 2.45) is 0 Å². The molecule has 1 saturated heterocycles. The van der Waals surface area contributed by atoms with Gasteiger partial charge in [-0.05, 0) is 61.9 Å². The number of hydrogen-bond donors (Lipinski definition) is 3. The van der Waals surface area contributed by atoms with E-state index in [1.807, 2.05) is 49.1 Å². The zero-order chi connectivity index (χ0) is 27.4. The summed E-state index contributed by atoms with van der Waals surface area (Å²) in [6.07, 6.45) is 1.68. The second-order valence-corrected chi connectivity index (χ2v) is 9.99. The molecule has 0 saturated carbocycles. The molecule has 1 aliphatic rings. The Morgan fingerprint density at radius 3 is 2.72 bits per heavy atom. The minimum Gasteiger partial charge on any atom is -0.497 e. The molecular weight excluding hydrogens is 516 g/mol. The highest BCUT2D eigenvalue weighted by atomic mass is 32.1. The Morgan fingerprint density at radius 1 is 1.15 bits per heavy atom. The zero-order valence-electron chi connectivity index (χ0n) is 22.0. The lowest BCUT2D eigenvalue weighted by Gasteiger charge is -2.30. The summed E-state index contributed by atoms with van der Waals surface area (Å²) in [4.78, 5) is 29.0. The minimum absolute atomic E-state index is 0.214. The van der Waals surface area contributed by atoms with E-state index in [4.69, 9.17) is 19.4 Å². The number of methoxy groups -OCH3 is 1. The van der Waals surface area contributed by atoms with Gasteiger partial charge in [-0.3, -0.25) is 0 Å². The Kier molecular flexibility index (Phi) is 7.89. The number of carboxylic acid groups (broad SMARTS) is 1. The van der Waals surface area contributed by atoms with Gasteiger partial charge in [0, 0.05) is 37.1 Å². The van der Waals surface area contributed by atoms with Gasteiger partial charge in [0.05, 0.1) is 47.8 Å². The summed E-state index contributed by atoms with van der Waals surface area (Å²) in [7, 11) is 1.65. The first kappa shape index (κ1) is 26.4. The predicted octanol–water partition coefficient (Wildman–Crippen LogP) is 5.29. The van der Waals surface area contributed by atoms with E-state index in [2.05, 4.69) is 21.7 Å². The highest BCUT2D eigenvalue weighted by Crippen LogP contribution is 2.40. The molecule has 0 atom stereocenters. The van der Waals surface area contributed by atoms with Crippen LogP contribution in [0.5, 0.6) is 5.75 Å². The molecule has 0 bridgehead atoms. The molecule has 5 rings (SSSR count). The van der Waals surface area contributed by atoms with Gasteiger partial charge >= 0.3 is 5.97 Å². The number of aromatic nitrogens is 3.